The lowest BCUT2D eigenvalue weighted by Crippen LogP contribution is -2.04. The van der Waals surface area contributed by atoms with E-state index in [9.17, 15) is 5.11 Å². The lowest BCUT2D eigenvalue weighted by molar-refractivity contribution is 0.173. The van der Waals surface area contributed by atoms with Gasteiger partial charge in [0, 0.05) is 23.4 Å². The zero-order valence-corrected chi connectivity index (χ0v) is 12.2. The second-order valence-electron chi connectivity index (χ2n) is 5.29. The Bertz CT molecular complexity index is 637. The smallest absolute Gasteiger partial charge is 0.128 e. The van der Waals surface area contributed by atoms with E-state index in [0.29, 0.717) is 18.1 Å². The normalized spacial score (nSPS) is 14.8. The molecule has 0 amide bonds. The van der Waals surface area contributed by atoms with Crippen molar-refractivity contribution in [3.63, 3.8) is 0 Å². The molecule has 3 heteroatoms. The molecule has 0 spiro atoms. The third kappa shape index (κ3) is 2.67. The van der Waals surface area contributed by atoms with Crippen LogP contribution in [0.25, 0.3) is 0 Å². The van der Waals surface area contributed by atoms with Gasteiger partial charge in [-0.1, -0.05) is 41.4 Å². The minimum atomic E-state index is -0.595. The minimum Gasteiger partial charge on any atom is -0.493 e. The van der Waals surface area contributed by atoms with E-state index in [-0.39, 0.29) is 0 Å². The largest absolute Gasteiger partial charge is 0.493 e. The maximum atomic E-state index is 10.5. The van der Waals surface area contributed by atoms with Crippen LogP contribution in [0.15, 0.2) is 36.4 Å². The number of halogens is 1. The van der Waals surface area contributed by atoms with E-state index < -0.39 is 6.10 Å². The molecule has 0 aromatic heterocycles. The number of aryl methyl sites for hydroxylation is 1. The Morgan fingerprint density at radius 3 is 2.95 bits per heavy atom. The van der Waals surface area contributed by atoms with Crippen LogP contribution in [0.5, 0.6) is 5.75 Å². The van der Waals surface area contributed by atoms with Gasteiger partial charge < -0.3 is 9.84 Å². The average Bonchev–Trinajstić information content (AvgIpc) is 2.85. The van der Waals surface area contributed by atoms with E-state index >= 15 is 0 Å². The van der Waals surface area contributed by atoms with Gasteiger partial charge in [-0.15, -0.1) is 0 Å². The van der Waals surface area contributed by atoms with Crippen LogP contribution >= 0.6 is 11.6 Å². The highest BCUT2D eigenvalue weighted by molar-refractivity contribution is 6.30. The molecule has 1 heterocycles. The Morgan fingerprint density at radius 1 is 1.30 bits per heavy atom. The number of hydrogen-bond acceptors (Lipinski definition) is 2. The predicted molar refractivity (Wildman–Crippen MR) is 80.5 cm³/mol. The Kier molecular flexibility index (Phi) is 3.68. The van der Waals surface area contributed by atoms with Crippen molar-refractivity contribution in [1.29, 1.82) is 0 Å². The Balaban J connectivity index is 1.89. The fourth-order valence-corrected chi connectivity index (χ4v) is 2.97. The molecule has 1 aliphatic heterocycles. The fraction of sp³-hybridized carbons (Fsp3) is 0.294. The third-order valence-electron chi connectivity index (χ3n) is 3.65. The van der Waals surface area contributed by atoms with Gasteiger partial charge >= 0.3 is 0 Å². The zero-order chi connectivity index (χ0) is 14.1. The van der Waals surface area contributed by atoms with Crippen LogP contribution in [0.4, 0.5) is 0 Å². The average molecular weight is 289 g/mol. The monoisotopic (exact) mass is 288 g/mol. The van der Waals surface area contributed by atoms with Gasteiger partial charge in [0.1, 0.15) is 5.75 Å². The van der Waals surface area contributed by atoms with Gasteiger partial charge in [-0.05, 0) is 30.2 Å². The Labute approximate surface area is 124 Å². The van der Waals surface area contributed by atoms with E-state index in [4.69, 9.17) is 16.3 Å². The van der Waals surface area contributed by atoms with E-state index in [1.807, 2.05) is 24.3 Å². The standard InChI is InChI=1S/C17H17ClO2/c1-11-3-2-4-12(7-11)8-16(19)15-10-14(18)9-13-5-6-20-17(13)15/h2-4,7,9-10,16,19H,5-6,8H2,1H3. The van der Waals surface area contributed by atoms with Crippen molar-refractivity contribution in [2.45, 2.75) is 25.9 Å². The van der Waals surface area contributed by atoms with E-state index in [0.717, 1.165) is 28.9 Å². The maximum absolute atomic E-state index is 10.5. The summed E-state index contributed by atoms with van der Waals surface area (Å²) < 4.78 is 5.65. The van der Waals surface area contributed by atoms with Crippen molar-refractivity contribution in [2.75, 3.05) is 6.61 Å². The van der Waals surface area contributed by atoms with Gasteiger partial charge in [-0.2, -0.15) is 0 Å². The summed E-state index contributed by atoms with van der Waals surface area (Å²) >= 11 is 6.13. The van der Waals surface area contributed by atoms with Gasteiger partial charge in [-0.3, -0.25) is 0 Å². The number of aliphatic hydroxyl groups is 1. The molecule has 0 aliphatic carbocycles. The second kappa shape index (κ2) is 5.47. The van der Waals surface area contributed by atoms with Crippen LogP contribution in [0.1, 0.15) is 28.4 Å². The first-order chi connectivity index (χ1) is 9.63. The molecule has 0 radical (unpaired) electrons. The molecule has 0 bridgehead atoms. The van der Waals surface area contributed by atoms with Gasteiger partial charge in [0.15, 0.2) is 0 Å². The molecule has 3 rings (SSSR count). The van der Waals surface area contributed by atoms with Crippen molar-refractivity contribution >= 4 is 11.6 Å². The van der Waals surface area contributed by atoms with Gasteiger partial charge in [-0.25, -0.2) is 0 Å². The lowest BCUT2D eigenvalue weighted by Gasteiger charge is -2.15. The molecule has 104 valence electrons. The number of rotatable bonds is 3. The fourth-order valence-electron chi connectivity index (χ4n) is 2.72. The second-order valence-corrected chi connectivity index (χ2v) is 5.73. The summed E-state index contributed by atoms with van der Waals surface area (Å²) in [5.41, 5.74) is 4.20. The lowest BCUT2D eigenvalue weighted by atomic mass is 9.97. The highest BCUT2D eigenvalue weighted by atomic mass is 35.5. The number of benzene rings is 2. The molecule has 20 heavy (non-hydrogen) atoms. The first kappa shape index (κ1) is 13.5. The number of fused-ring (bicyclic) bond motifs is 1. The molecule has 1 atom stereocenters. The minimum absolute atomic E-state index is 0.567. The van der Waals surface area contributed by atoms with Crippen molar-refractivity contribution in [3.8, 4) is 5.75 Å². The molecule has 0 saturated heterocycles. The molecule has 2 nitrogen and oxygen atoms in total. The molecular formula is C17H17ClO2. The number of ether oxygens (including phenoxy) is 1. The summed E-state index contributed by atoms with van der Waals surface area (Å²) in [5, 5.41) is 11.2. The van der Waals surface area contributed by atoms with E-state index in [1.54, 1.807) is 0 Å². The summed E-state index contributed by atoms with van der Waals surface area (Å²) in [6.07, 6.45) is 0.833. The van der Waals surface area contributed by atoms with Crippen LogP contribution in [0, 0.1) is 6.92 Å². The SMILES string of the molecule is Cc1cccc(CC(O)c2cc(Cl)cc3c2OCC3)c1. The Morgan fingerprint density at radius 2 is 2.15 bits per heavy atom. The highest BCUT2D eigenvalue weighted by Gasteiger charge is 2.22. The summed E-state index contributed by atoms with van der Waals surface area (Å²) in [6, 6.07) is 11.9. The highest BCUT2D eigenvalue weighted by Crippen LogP contribution is 2.37. The Hall–Kier alpha value is -1.51. The first-order valence-corrected chi connectivity index (χ1v) is 7.20. The molecule has 1 aliphatic rings. The van der Waals surface area contributed by atoms with Crippen molar-refractivity contribution in [2.24, 2.45) is 0 Å². The van der Waals surface area contributed by atoms with Crippen molar-refractivity contribution in [1.82, 2.24) is 0 Å². The van der Waals surface area contributed by atoms with Crippen LogP contribution in [0.3, 0.4) is 0 Å². The van der Waals surface area contributed by atoms with Gasteiger partial charge in [0.2, 0.25) is 0 Å². The first-order valence-electron chi connectivity index (χ1n) is 6.82. The van der Waals surface area contributed by atoms with Crippen molar-refractivity contribution < 1.29 is 9.84 Å². The molecule has 1 unspecified atom stereocenters. The number of aliphatic hydroxyl groups excluding tert-OH is 1. The van der Waals surface area contributed by atoms with Crippen LogP contribution in [0.2, 0.25) is 5.02 Å². The molecule has 0 saturated carbocycles. The topological polar surface area (TPSA) is 29.5 Å². The van der Waals surface area contributed by atoms with Crippen LogP contribution < -0.4 is 4.74 Å². The van der Waals surface area contributed by atoms with Gasteiger partial charge in [0.25, 0.3) is 0 Å². The van der Waals surface area contributed by atoms with Crippen LogP contribution in [-0.2, 0) is 12.8 Å². The van der Waals surface area contributed by atoms with E-state index in [1.165, 1.54) is 5.56 Å². The quantitative estimate of drug-likeness (QED) is 0.929. The summed E-state index contributed by atoms with van der Waals surface area (Å²) in [5.74, 6) is 0.814. The third-order valence-corrected chi connectivity index (χ3v) is 3.87. The zero-order valence-electron chi connectivity index (χ0n) is 11.4. The molecular weight excluding hydrogens is 272 g/mol. The number of hydrogen-bond donors (Lipinski definition) is 1. The molecule has 0 fully saturated rings. The van der Waals surface area contributed by atoms with E-state index in [2.05, 4.69) is 19.1 Å². The predicted octanol–water partition coefficient (Wildman–Crippen LogP) is 3.86. The molecule has 1 N–H and O–H groups in total. The molecule has 2 aromatic carbocycles. The summed E-state index contributed by atoms with van der Waals surface area (Å²) in [7, 11) is 0. The summed E-state index contributed by atoms with van der Waals surface area (Å²) in [6.45, 7) is 2.72. The maximum Gasteiger partial charge on any atom is 0.128 e. The van der Waals surface area contributed by atoms with Crippen LogP contribution in [-0.4, -0.2) is 11.7 Å². The summed E-state index contributed by atoms with van der Waals surface area (Å²) in [4.78, 5) is 0. The molecule has 2 aromatic rings. The van der Waals surface area contributed by atoms with Gasteiger partial charge in [0.05, 0.1) is 12.7 Å². The van der Waals surface area contributed by atoms with Crippen molar-refractivity contribution in [3.05, 3.63) is 63.7 Å².